The topological polar surface area (TPSA) is 34.1 Å². The molecule has 0 amide bonds. The largest absolute Gasteiger partial charge is 0.300 e. The Balaban J connectivity index is 2.40. The van der Waals surface area contributed by atoms with Crippen molar-refractivity contribution in [3.8, 4) is 0 Å². The van der Waals surface area contributed by atoms with E-state index in [0.29, 0.717) is 31.0 Å². The molecule has 1 aliphatic carbocycles. The molecule has 1 rings (SSSR count). The van der Waals surface area contributed by atoms with Crippen LogP contribution >= 0.6 is 0 Å². The lowest BCUT2D eigenvalue weighted by Crippen LogP contribution is -2.11. The summed E-state index contributed by atoms with van der Waals surface area (Å²) >= 11 is 0. The summed E-state index contributed by atoms with van der Waals surface area (Å²) in [5.74, 6) is 0.796. The number of rotatable bonds is 3. The lowest BCUT2D eigenvalue weighted by molar-refractivity contribution is -0.120. The first-order valence-electron chi connectivity index (χ1n) is 4.45. The van der Waals surface area contributed by atoms with Gasteiger partial charge in [0.05, 0.1) is 0 Å². The normalized spacial score (nSPS) is 22.8. The summed E-state index contributed by atoms with van der Waals surface area (Å²) in [4.78, 5) is 21.8. The van der Waals surface area contributed by atoms with Crippen LogP contribution in [0.15, 0.2) is 12.2 Å². The van der Waals surface area contributed by atoms with Gasteiger partial charge in [-0.05, 0) is 18.4 Å². The van der Waals surface area contributed by atoms with Crippen LogP contribution in [0.25, 0.3) is 0 Å². The maximum Gasteiger partial charge on any atom is 0.155 e. The van der Waals surface area contributed by atoms with E-state index in [4.69, 9.17) is 0 Å². The van der Waals surface area contributed by atoms with Crippen LogP contribution in [-0.2, 0) is 9.59 Å². The SMILES string of the molecule is CCC(=O)CC1C=CC(=O)CC1. The molecule has 0 spiro atoms. The van der Waals surface area contributed by atoms with Gasteiger partial charge in [0.15, 0.2) is 5.78 Å². The van der Waals surface area contributed by atoms with Crippen molar-refractivity contribution < 1.29 is 9.59 Å². The van der Waals surface area contributed by atoms with E-state index < -0.39 is 0 Å². The molecule has 1 aliphatic rings. The number of carbonyl (C=O) groups excluding carboxylic acids is 2. The van der Waals surface area contributed by atoms with Crippen LogP contribution in [0.2, 0.25) is 0 Å². The molecule has 1 atom stereocenters. The summed E-state index contributed by atoms with van der Waals surface area (Å²) in [5, 5.41) is 0. The van der Waals surface area contributed by atoms with Crippen molar-refractivity contribution in [3.05, 3.63) is 12.2 Å². The zero-order valence-electron chi connectivity index (χ0n) is 7.38. The fraction of sp³-hybridized carbons (Fsp3) is 0.600. The van der Waals surface area contributed by atoms with Crippen molar-refractivity contribution >= 4 is 11.6 Å². The molecule has 0 bridgehead atoms. The molecule has 66 valence electrons. The van der Waals surface area contributed by atoms with Crippen molar-refractivity contribution in [1.29, 1.82) is 0 Å². The summed E-state index contributed by atoms with van der Waals surface area (Å²) in [6.07, 6.45) is 6.16. The van der Waals surface area contributed by atoms with Gasteiger partial charge in [-0.15, -0.1) is 0 Å². The molecule has 0 aromatic carbocycles. The van der Waals surface area contributed by atoms with Gasteiger partial charge in [-0.25, -0.2) is 0 Å². The Morgan fingerprint density at radius 2 is 2.42 bits per heavy atom. The molecule has 0 aromatic rings. The minimum absolute atomic E-state index is 0.190. The molecule has 0 N–H and O–H groups in total. The van der Waals surface area contributed by atoms with Crippen LogP contribution in [-0.4, -0.2) is 11.6 Å². The molecular formula is C10H14O2. The second-order valence-corrected chi connectivity index (χ2v) is 3.22. The first kappa shape index (κ1) is 9.17. The standard InChI is InChI=1S/C10H14O2/c1-2-9(11)7-8-3-5-10(12)6-4-8/h3,5,8H,2,4,6-7H2,1H3. The van der Waals surface area contributed by atoms with Crippen LogP contribution in [0.5, 0.6) is 0 Å². The van der Waals surface area contributed by atoms with Gasteiger partial charge in [0, 0.05) is 19.3 Å². The zero-order valence-corrected chi connectivity index (χ0v) is 7.38. The Labute approximate surface area is 72.7 Å². The van der Waals surface area contributed by atoms with Gasteiger partial charge in [0.25, 0.3) is 0 Å². The van der Waals surface area contributed by atoms with Gasteiger partial charge in [-0.3, -0.25) is 9.59 Å². The molecule has 1 unspecified atom stereocenters. The van der Waals surface area contributed by atoms with E-state index >= 15 is 0 Å². The number of hydrogen-bond acceptors (Lipinski definition) is 2. The fourth-order valence-electron chi connectivity index (χ4n) is 1.36. The Morgan fingerprint density at radius 1 is 1.67 bits per heavy atom. The monoisotopic (exact) mass is 166 g/mol. The second kappa shape index (κ2) is 4.19. The van der Waals surface area contributed by atoms with E-state index in [9.17, 15) is 9.59 Å². The highest BCUT2D eigenvalue weighted by atomic mass is 16.1. The van der Waals surface area contributed by atoms with Gasteiger partial charge in [0.2, 0.25) is 0 Å². The molecule has 0 aliphatic heterocycles. The minimum Gasteiger partial charge on any atom is -0.300 e. The molecular weight excluding hydrogens is 152 g/mol. The van der Waals surface area contributed by atoms with Gasteiger partial charge >= 0.3 is 0 Å². The van der Waals surface area contributed by atoms with E-state index in [1.165, 1.54) is 0 Å². The van der Waals surface area contributed by atoms with Crippen molar-refractivity contribution in [1.82, 2.24) is 0 Å². The highest BCUT2D eigenvalue weighted by Gasteiger charge is 2.14. The molecule has 0 fully saturated rings. The maximum absolute atomic E-state index is 11.0. The Kier molecular flexibility index (Phi) is 3.20. The van der Waals surface area contributed by atoms with Crippen LogP contribution in [0, 0.1) is 5.92 Å². The van der Waals surface area contributed by atoms with E-state index in [0.717, 1.165) is 6.42 Å². The number of carbonyl (C=O) groups is 2. The third-order valence-electron chi connectivity index (χ3n) is 2.20. The summed E-state index contributed by atoms with van der Waals surface area (Å²) in [6.45, 7) is 1.88. The quantitative estimate of drug-likeness (QED) is 0.641. The highest BCUT2D eigenvalue weighted by Crippen LogP contribution is 2.18. The molecule has 0 radical (unpaired) electrons. The lowest BCUT2D eigenvalue weighted by atomic mass is 9.90. The Bertz CT molecular complexity index is 216. The summed E-state index contributed by atoms with van der Waals surface area (Å²) in [6, 6.07) is 0. The minimum atomic E-state index is 0.190. The average molecular weight is 166 g/mol. The first-order chi connectivity index (χ1) is 5.72. The lowest BCUT2D eigenvalue weighted by Gasteiger charge is -2.13. The highest BCUT2D eigenvalue weighted by molar-refractivity contribution is 5.90. The zero-order chi connectivity index (χ0) is 8.97. The Hall–Kier alpha value is -0.920. The van der Waals surface area contributed by atoms with Crippen LogP contribution in [0.3, 0.4) is 0 Å². The van der Waals surface area contributed by atoms with E-state index in [-0.39, 0.29) is 5.78 Å². The number of Topliss-reactive ketones (excluding diaryl/α,β-unsaturated/α-hetero) is 1. The predicted molar refractivity (Wildman–Crippen MR) is 46.8 cm³/mol. The molecule has 0 saturated heterocycles. The molecule has 2 nitrogen and oxygen atoms in total. The number of ketones is 2. The van der Waals surface area contributed by atoms with Gasteiger partial charge in [-0.1, -0.05) is 13.0 Å². The second-order valence-electron chi connectivity index (χ2n) is 3.22. The summed E-state index contributed by atoms with van der Waals surface area (Å²) < 4.78 is 0. The smallest absolute Gasteiger partial charge is 0.155 e. The number of allylic oxidation sites excluding steroid dienone is 2. The predicted octanol–water partition coefficient (Wildman–Crippen LogP) is 1.89. The summed E-state index contributed by atoms with van der Waals surface area (Å²) in [7, 11) is 0. The van der Waals surface area contributed by atoms with Gasteiger partial charge < -0.3 is 0 Å². The fourth-order valence-corrected chi connectivity index (χ4v) is 1.36. The first-order valence-corrected chi connectivity index (χ1v) is 4.45. The van der Waals surface area contributed by atoms with E-state index in [2.05, 4.69) is 0 Å². The van der Waals surface area contributed by atoms with Crippen molar-refractivity contribution in [3.63, 3.8) is 0 Å². The maximum atomic E-state index is 11.0. The van der Waals surface area contributed by atoms with Crippen LogP contribution < -0.4 is 0 Å². The molecule has 0 saturated carbocycles. The molecule has 12 heavy (non-hydrogen) atoms. The van der Waals surface area contributed by atoms with E-state index in [1.807, 2.05) is 13.0 Å². The number of hydrogen-bond donors (Lipinski definition) is 0. The van der Waals surface area contributed by atoms with Crippen molar-refractivity contribution in [2.75, 3.05) is 0 Å². The van der Waals surface area contributed by atoms with Crippen LogP contribution in [0.4, 0.5) is 0 Å². The molecule has 2 heteroatoms. The third-order valence-corrected chi connectivity index (χ3v) is 2.20. The average Bonchev–Trinajstić information content (AvgIpc) is 2.09. The van der Waals surface area contributed by atoms with E-state index in [1.54, 1.807) is 6.08 Å². The van der Waals surface area contributed by atoms with Gasteiger partial charge in [0.1, 0.15) is 5.78 Å². The molecule has 0 aromatic heterocycles. The van der Waals surface area contributed by atoms with Crippen molar-refractivity contribution in [2.45, 2.75) is 32.6 Å². The third kappa shape index (κ3) is 2.61. The van der Waals surface area contributed by atoms with Crippen molar-refractivity contribution in [2.24, 2.45) is 5.92 Å². The van der Waals surface area contributed by atoms with Crippen LogP contribution in [0.1, 0.15) is 32.6 Å². The summed E-state index contributed by atoms with van der Waals surface area (Å²) in [5.41, 5.74) is 0. The Morgan fingerprint density at radius 3 is 2.92 bits per heavy atom. The van der Waals surface area contributed by atoms with Gasteiger partial charge in [-0.2, -0.15) is 0 Å². The molecule has 0 heterocycles.